The summed E-state index contributed by atoms with van der Waals surface area (Å²) in [5.74, 6) is 0. The van der Waals surface area contributed by atoms with Crippen LogP contribution < -0.4 is 0 Å². The quantitative estimate of drug-likeness (QED) is 0.617. The molecule has 0 saturated carbocycles. The molecule has 1 rings (SSSR count). The van der Waals surface area contributed by atoms with Gasteiger partial charge in [0, 0.05) is 0 Å². The summed E-state index contributed by atoms with van der Waals surface area (Å²) in [5, 5.41) is 0. The van der Waals surface area contributed by atoms with Crippen LogP contribution in [0.5, 0.6) is 0 Å². The van der Waals surface area contributed by atoms with E-state index in [9.17, 15) is 0 Å². The molecule has 0 nitrogen and oxygen atoms in total. The number of aryl methyl sites for hydroxylation is 1. The van der Waals surface area contributed by atoms with Crippen LogP contribution in [0.2, 0.25) is 0 Å². The smallest absolute Gasteiger partial charge is 0.0198 e. The molecule has 0 N–H and O–H groups in total. The van der Waals surface area contributed by atoms with Gasteiger partial charge in [-0.25, -0.2) is 0 Å². The lowest BCUT2D eigenvalue weighted by molar-refractivity contribution is 1.34. The Labute approximate surface area is 74.2 Å². The Hall–Kier alpha value is -1.30. The Balaban J connectivity index is 3.43. The van der Waals surface area contributed by atoms with E-state index in [1.54, 1.807) is 0 Å². The van der Waals surface area contributed by atoms with Crippen molar-refractivity contribution in [2.24, 2.45) is 0 Å². The maximum atomic E-state index is 3.79. The zero-order chi connectivity index (χ0) is 9.14. The molecule has 62 valence electrons. The Bertz CT molecular complexity index is 319. The van der Waals surface area contributed by atoms with Gasteiger partial charge < -0.3 is 0 Å². The number of benzene rings is 1. The molecule has 0 bridgehead atoms. The average Bonchev–Trinajstić information content (AvgIpc) is 2.06. The lowest BCUT2D eigenvalue weighted by atomic mass is 9.98. The monoisotopic (exact) mass is 158 g/mol. The lowest BCUT2D eigenvalue weighted by Gasteiger charge is -2.07. The first-order chi connectivity index (χ1) is 5.70. The Morgan fingerprint density at radius 2 is 1.75 bits per heavy atom. The molecule has 0 amide bonds. The fourth-order valence-electron chi connectivity index (χ4n) is 1.42. The summed E-state index contributed by atoms with van der Waals surface area (Å²) in [6.45, 7) is 11.7. The first kappa shape index (κ1) is 8.79. The second-order valence-corrected chi connectivity index (χ2v) is 2.92. The van der Waals surface area contributed by atoms with Crippen molar-refractivity contribution in [2.75, 3.05) is 0 Å². The summed E-state index contributed by atoms with van der Waals surface area (Å²) < 4.78 is 0. The molecule has 0 aliphatic heterocycles. The summed E-state index contributed by atoms with van der Waals surface area (Å²) >= 11 is 0. The van der Waals surface area contributed by atoms with Gasteiger partial charge in [-0.1, -0.05) is 37.4 Å². The van der Waals surface area contributed by atoms with Crippen molar-refractivity contribution < 1.29 is 0 Å². The number of hydrogen-bond acceptors (Lipinski definition) is 0. The molecule has 0 saturated heterocycles. The molecule has 0 radical (unpaired) electrons. The molecule has 0 aliphatic rings. The second kappa shape index (κ2) is 3.40. The van der Waals surface area contributed by atoms with Crippen LogP contribution in [0, 0.1) is 13.8 Å². The number of rotatable bonds is 2. The van der Waals surface area contributed by atoms with Crippen molar-refractivity contribution in [2.45, 2.75) is 13.8 Å². The summed E-state index contributed by atoms with van der Waals surface area (Å²) in [5.41, 5.74) is 4.95. The Morgan fingerprint density at radius 3 is 2.25 bits per heavy atom. The third-order valence-electron chi connectivity index (χ3n) is 2.20. The molecule has 1 aromatic rings. The van der Waals surface area contributed by atoms with Crippen LogP contribution >= 0.6 is 0 Å². The molecule has 0 aromatic heterocycles. The van der Waals surface area contributed by atoms with Crippen molar-refractivity contribution in [1.82, 2.24) is 0 Å². The fourth-order valence-corrected chi connectivity index (χ4v) is 1.42. The largest absolute Gasteiger partial charge is 0.0985 e. The predicted molar refractivity (Wildman–Crippen MR) is 56.1 cm³/mol. The second-order valence-electron chi connectivity index (χ2n) is 2.92. The minimum Gasteiger partial charge on any atom is -0.0985 e. The average molecular weight is 158 g/mol. The zero-order valence-corrected chi connectivity index (χ0v) is 7.72. The third kappa shape index (κ3) is 1.33. The Kier molecular flexibility index (Phi) is 2.49. The first-order valence-electron chi connectivity index (χ1n) is 4.05. The maximum absolute atomic E-state index is 3.79. The minimum atomic E-state index is 1.19. The molecule has 12 heavy (non-hydrogen) atoms. The summed E-state index contributed by atoms with van der Waals surface area (Å²) in [4.78, 5) is 0. The highest BCUT2D eigenvalue weighted by Crippen LogP contribution is 2.19. The lowest BCUT2D eigenvalue weighted by Crippen LogP contribution is -1.89. The standard InChI is InChI=1S/C12H14/c1-5-11-8-7-9(3)12(6-2)10(11)4/h5-8H,1-2H2,3-4H3. The van der Waals surface area contributed by atoms with Crippen LogP contribution in [0.4, 0.5) is 0 Å². The van der Waals surface area contributed by atoms with Crippen LogP contribution in [-0.4, -0.2) is 0 Å². The highest BCUT2D eigenvalue weighted by atomic mass is 14.1. The maximum Gasteiger partial charge on any atom is -0.0198 e. The SMILES string of the molecule is C=Cc1ccc(C)c(C=C)c1C. The van der Waals surface area contributed by atoms with E-state index < -0.39 is 0 Å². The van der Waals surface area contributed by atoms with E-state index in [0.717, 1.165) is 0 Å². The van der Waals surface area contributed by atoms with Gasteiger partial charge in [-0.15, -0.1) is 0 Å². The molecule has 0 unspecified atom stereocenters. The Morgan fingerprint density at radius 1 is 1.08 bits per heavy atom. The van der Waals surface area contributed by atoms with Crippen LogP contribution in [0.25, 0.3) is 12.2 Å². The molecule has 0 heteroatoms. The highest BCUT2D eigenvalue weighted by molar-refractivity contribution is 5.64. The zero-order valence-electron chi connectivity index (χ0n) is 7.72. The van der Waals surface area contributed by atoms with Gasteiger partial charge in [0.05, 0.1) is 0 Å². The van der Waals surface area contributed by atoms with Gasteiger partial charge in [-0.3, -0.25) is 0 Å². The van der Waals surface area contributed by atoms with E-state index in [0.29, 0.717) is 0 Å². The van der Waals surface area contributed by atoms with E-state index in [2.05, 4.69) is 39.1 Å². The third-order valence-corrected chi connectivity index (χ3v) is 2.20. The first-order valence-corrected chi connectivity index (χ1v) is 4.05. The van der Waals surface area contributed by atoms with E-state index in [1.165, 1.54) is 22.3 Å². The normalized spacial score (nSPS) is 9.50. The molecule has 0 spiro atoms. The van der Waals surface area contributed by atoms with Crippen molar-refractivity contribution in [3.63, 3.8) is 0 Å². The van der Waals surface area contributed by atoms with Gasteiger partial charge in [0.1, 0.15) is 0 Å². The van der Waals surface area contributed by atoms with E-state index in [1.807, 2.05) is 12.2 Å². The van der Waals surface area contributed by atoms with Gasteiger partial charge in [0.25, 0.3) is 0 Å². The minimum absolute atomic E-state index is 1.19. The summed E-state index contributed by atoms with van der Waals surface area (Å²) in [6, 6.07) is 4.19. The fraction of sp³-hybridized carbons (Fsp3) is 0.167. The molecular formula is C12H14. The van der Waals surface area contributed by atoms with Crippen molar-refractivity contribution >= 4 is 12.2 Å². The topological polar surface area (TPSA) is 0 Å². The van der Waals surface area contributed by atoms with E-state index in [-0.39, 0.29) is 0 Å². The molecular weight excluding hydrogens is 144 g/mol. The van der Waals surface area contributed by atoms with Crippen LogP contribution in [0.15, 0.2) is 25.3 Å². The van der Waals surface area contributed by atoms with Gasteiger partial charge in [0.15, 0.2) is 0 Å². The van der Waals surface area contributed by atoms with Crippen LogP contribution in [0.3, 0.4) is 0 Å². The van der Waals surface area contributed by atoms with Crippen molar-refractivity contribution in [1.29, 1.82) is 0 Å². The van der Waals surface area contributed by atoms with Gasteiger partial charge in [0.2, 0.25) is 0 Å². The predicted octanol–water partition coefficient (Wildman–Crippen LogP) is 3.59. The van der Waals surface area contributed by atoms with E-state index >= 15 is 0 Å². The highest BCUT2D eigenvalue weighted by Gasteiger charge is 2.00. The summed E-state index contributed by atoms with van der Waals surface area (Å²) in [7, 11) is 0. The number of hydrogen-bond donors (Lipinski definition) is 0. The van der Waals surface area contributed by atoms with Gasteiger partial charge >= 0.3 is 0 Å². The molecule has 0 atom stereocenters. The molecule has 0 aliphatic carbocycles. The molecule has 0 fully saturated rings. The molecule has 1 aromatic carbocycles. The van der Waals surface area contributed by atoms with E-state index in [4.69, 9.17) is 0 Å². The van der Waals surface area contributed by atoms with Crippen molar-refractivity contribution in [3.8, 4) is 0 Å². The van der Waals surface area contributed by atoms with Crippen molar-refractivity contribution in [3.05, 3.63) is 47.5 Å². The van der Waals surface area contributed by atoms with Gasteiger partial charge in [-0.05, 0) is 36.1 Å². The van der Waals surface area contributed by atoms with Crippen LogP contribution in [0.1, 0.15) is 22.3 Å². The summed E-state index contributed by atoms with van der Waals surface area (Å²) in [6.07, 6.45) is 3.78. The molecule has 0 heterocycles. The van der Waals surface area contributed by atoms with Gasteiger partial charge in [-0.2, -0.15) is 0 Å². The van der Waals surface area contributed by atoms with Crippen LogP contribution in [-0.2, 0) is 0 Å².